The first-order chi connectivity index (χ1) is 8.97. The lowest BCUT2D eigenvalue weighted by Crippen LogP contribution is -2.35. The molecule has 0 bridgehead atoms. The highest BCUT2D eigenvalue weighted by molar-refractivity contribution is 6.15. The Bertz CT molecular complexity index is 592. The lowest BCUT2D eigenvalue weighted by molar-refractivity contribution is -0.140. The van der Waals surface area contributed by atoms with E-state index in [1.165, 1.54) is 6.08 Å². The largest absolute Gasteiger partial charge is 0.480 e. The van der Waals surface area contributed by atoms with Crippen LogP contribution in [0.15, 0.2) is 30.0 Å². The number of imide groups is 1. The predicted octanol–water partition coefficient (Wildman–Crippen LogP) is 0.972. The Hall–Kier alpha value is -2.63. The van der Waals surface area contributed by atoms with Gasteiger partial charge in [0.25, 0.3) is 5.91 Å². The molecule has 2 N–H and O–H groups in total. The van der Waals surface area contributed by atoms with Gasteiger partial charge in [0.05, 0.1) is 0 Å². The molecule has 0 saturated carbocycles. The van der Waals surface area contributed by atoms with Crippen LogP contribution in [0.4, 0.5) is 4.79 Å². The molecule has 0 radical (unpaired) electrons. The van der Waals surface area contributed by atoms with Crippen molar-refractivity contribution in [1.82, 2.24) is 10.2 Å². The third-order valence-corrected chi connectivity index (χ3v) is 2.61. The minimum absolute atomic E-state index is 0.0804. The second-order valence-electron chi connectivity index (χ2n) is 4.19. The number of aryl methyl sites for hydroxylation is 1. The minimum atomic E-state index is -1.24. The van der Waals surface area contributed by atoms with E-state index in [2.05, 4.69) is 5.32 Å². The van der Waals surface area contributed by atoms with Crippen molar-refractivity contribution in [2.45, 2.75) is 6.92 Å². The molecule has 2 rings (SSSR count). The normalized spacial score (nSPS) is 16.9. The predicted molar refractivity (Wildman–Crippen MR) is 67.0 cm³/mol. The maximum atomic E-state index is 11.9. The molecule has 1 aliphatic heterocycles. The third-order valence-electron chi connectivity index (χ3n) is 2.61. The van der Waals surface area contributed by atoms with Crippen LogP contribution in [0.1, 0.15) is 11.1 Å². The molecule has 98 valence electrons. The molecule has 3 amide bonds. The number of rotatable bonds is 3. The molecule has 0 aromatic heterocycles. The van der Waals surface area contributed by atoms with E-state index in [0.717, 1.165) is 11.1 Å². The minimum Gasteiger partial charge on any atom is -0.480 e. The average molecular weight is 260 g/mol. The van der Waals surface area contributed by atoms with Crippen LogP contribution >= 0.6 is 0 Å². The number of aliphatic carboxylic acids is 1. The maximum absolute atomic E-state index is 11.9. The SMILES string of the molecule is Cc1cccc(/C=C2/NC(=O)N(CC(=O)O)C2=O)c1. The summed E-state index contributed by atoms with van der Waals surface area (Å²) < 4.78 is 0. The van der Waals surface area contributed by atoms with E-state index in [4.69, 9.17) is 5.11 Å². The molecule has 0 spiro atoms. The quantitative estimate of drug-likeness (QED) is 0.626. The summed E-state index contributed by atoms with van der Waals surface area (Å²) >= 11 is 0. The topological polar surface area (TPSA) is 86.7 Å². The number of carbonyl (C=O) groups excluding carboxylic acids is 2. The fourth-order valence-corrected chi connectivity index (χ4v) is 1.78. The zero-order valence-corrected chi connectivity index (χ0v) is 10.2. The number of nitrogens with one attached hydrogen (secondary N) is 1. The van der Waals surface area contributed by atoms with Gasteiger partial charge < -0.3 is 10.4 Å². The van der Waals surface area contributed by atoms with Crippen molar-refractivity contribution in [3.05, 3.63) is 41.1 Å². The van der Waals surface area contributed by atoms with E-state index in [1.807, 2.05) is 25.1 Å². The van der Waals surface area contributed by atoms with Gasteiger partial charge in [-0.2, -0.15) is 0 Å². The fraction of sp³-hybridized carbons (Fsp3) is 0.154. The Labute approximate surface area is 109 Å². The summed E-state index contributed by atoms with van der Waals surface area (Å²) in [6.45, 7) is 1.27. The molecule has 6 heteroatoms. The maximum Gasteiger partial charge on any atom is 0.329 e. The van der Waals surface area contributed by atoms with Crippen molar-refractivity contribution < 1.29 is 19.5 Å². The summed E-state index contributed by atoms with van der Waals surface area (Å²) in [5, 5.41) is 11.0. The molecule has 1 fully saturated rings. The highest BCUT2D eigenvalue weighted by Crippen LogP contribution is 2.14. The van der Waals surface area contributed by atoms with Gasteiger partial charge in [-0.05, 0) is 18.6 Å². The molecular formula is C13H12N2O4. The summed E-state index contributed by atoms with van der Waals surface area (Å²) in [4.78, 5) is 34.5. The van der Waals surface area contributed by atoms with Gasteiger partial charge in [0.2, 0.25) is 0 Å². The number of carboxylic acid groups (broad SMARTS) is 1. The number of carboxylic acids is 1. The second-order valence-corrected chi connectivity index (χ2v) is 4.19. The Morgan fingerprint density at radius 3 is 2.79 bits per heavy atom. The first-order valence-electron chi connectivity index (χ1n) is 5.60. The van der Waals surface area contributed by atoms with Gasteiger partial charge in [-0.3, -0.25) is 9.59 Å². The van der Waals surface area contributed by atoms with Crippen molar-refractivity contribution in [3.8, 4) is 0 Å². The molecule has 1 aliphatic rings. The lowest BCUT2D eigenvalue weighted by atomic mass is 10.1. The van der Waals surface area contributed by atoms with Crippen LogP contribution < -0.4 is 5.32 Å². The van der Waals surface area contributed by atoms with Gasteiger partial charge in [0.15, 0.2) is 0 Å². The van der Waals surface area contributed by atoms with Crippen LogP contribution in [-0.4, -0.2) is 34.5 Å². The number of urea groups is 1. The first-order valence-corrected chi connectivity index (χ1v) is 5.60. The van der Waals surface area contributed by atoms with Crippen molar-refractivity contribution >= 4 is 24.0 Å². The highest BCUT2D eigenvalue weighted by atomic mass is 16.4. The molecule has 6 nitrogen and oxygen atoms in total. The average Bonchev–Trinajstić information content (AvgIpc) is 2.57. The molecule has 1 heterocycles. The lowest BCUT2D eigenvalue weighted by Gasteiger charge is -2.06. The Balaban J connectivity index is 2.25. The second kappa shape index (κ2) is 4.93. The van der Waals surface area contributed by atoms with Crippen molar-refractivity contribution in [2.75, 3.05) is 6.54 Å². The fourth-order valence-electron chi connectivity index (χ4n) is 1.78. The standard InChI is InChI=1S/C13H12N2O4/c1-8-3-2-4-9(5-8)6-10-12(18)15(7-11(16)17)13(19)14-10/h2-6H,7H2,1H3,(H,14,19)(H,16,17)/b10-6+. The van der Waals surface area contributed by atoms with E-state index in [9.17, 15) is 14.4 Å². The molecule has 0 unspecified atom stereocenters. The van der Waals surface area contributed by atoms with Gasteiger partial charge in [-0.1, -0.05) is 29.8 Å². The summed E-state index contributed by atoms with van der Waals surface area (Å²) in [5.41, 5.74) is 1.87. The number of hydrogen-bond acceptors (Lipinski definition) is 3. The third kappa shape index (κ3) is 2.79. The van der Waals surface area contributed by atoms with Crippen LogP contribution in [0.2, 0.25) is 0 Å². The highest BCUT2D eigenvalue weighted by Gasteiger charge is 2.34. The van der Waals surface area contributed by atoms with Crippen molar-refractivity contribution in [1.29, 1.82) is 0 Å². The molecule has 0 aliphatic carbocycles. The van der Waals surface area contributed by atoms with Crippen molar-refractivity contribution in [3.63, 3.8) is 0 Å². The molecular weight excluding hydrogens is 248 g/mol. The number of hydrogen-bond donors (Lipinski definition) is 2. The van der Waals surface area contributed by atoms with E-state index >= 15 is 0 Å². The molecule has 1 aromatic carbocycles. The van der Waals surface area contributed by atoms with Gasteiger partial charge in [0, 0.05) is 0 Å². The Kier molecular flexibility index (Phi) is 3.33. The molecule has 1 aromatic rings. The van der Waals surface area contributed by atoms with Crippen LogP contribution in [0, 0.1) is 6.92 Å². The monoisotopic (exact) mass is 260 g/mol. The first kappa shape index (κ1) is 12.8. The summed E-state index contributed by atoms with van der Waals surface area (Å²) in [7, 11) is 0. The zero-order valence-electron chi connectivity index (χ0n) is 10.2. The van der Waals surface area contributed by atoms with Gasteiger partial charge in [-0.15, -0.1) is 0 Å². The van der Waals surface area contributed by atoms with Crippen molar-refractivity contribution in [2.24, 2.45) is 0 Å². The number of amides is 3. The Morgan fingerprint density at radius 1 is 1.42 bits per heavy atom. The van der Waals surface area contributed by atoms with E-state index in [-0.39, 0.29) is 5.70 Å². The van der Waals surface area contributed by atoms with Gasteiger partial charge in [0.1, 0.15) is 12.2 Å². The molecule has 0 atom stereocenters. The zero-order chi connectivity index (χ0) is 14.0. The van der Waals surface area contributed by atoms with Crippen LogP contribution in [0.3, 0.4) is 0 Å². The summed E-state index contributed by atoms with van der Waals surface area (Å²) in [6, 6.07) is 6.67. The summed E-state index contributed by atoms with van der Waals surface area (Å²) in [5.74, 6) is -1.87. The number of carbonyl (C=O) groups is 3. The van der Waals surface area contributed by atoms with E-state index in [1.54, 1.807) is 6.07 Å². The number of nitrogens with zero attached hydrogens (tertiary/aromatic N) is 1. The van der Waals surface area contributed by atoms with Crippen LogP contribution in [0.5, 0.6) is 0 Å². The molecule has 19 heavy (non-hydrogen) atoms. The van der Waals surface area contributed by atoms with Crippen LogP contribution in [0.25, 0.3) is 6.08 Å². The van der Waals surface area contributed by atoms with E-state index < -0.39 is 24.5 Å². The number of benzene rings is 1. The summed E-state index contributed by atoms with van der Waals surface area (Å²) in [6.07, 6.45) is 1.52. The van der Waals surface area contributed by atoms with Crippen LogP contribution in [-0.2, 0) is 9.59 Å². The Morgan fingerprint density at radius 2 is 2.16 bits per heavy atom. The van der Waals surface area contributed by atoms with Gasteiger partial charge in [-0.25, -0.2) is 9.69 Å². The van der Waals surface area contributed by atoms with Gasteiger partial charge >= 0.3 is 12.0 Å². The smallest absolute Gasteiger partial charge is 0.329 e. The molecule has 1 saturated heterocycles. The van der Waals surface area contributed by atoms with E-state index in [0.29, 0.717) is 4.90 Å².